The van der Waals surface area contributed by atoms with E-state index in [2.05, 4.69) is 5.32 Å². The summed E-state index contributed by atoms with van der Waals surface area (Å²) >= 11 is 5.83. The standard InChI is InChI=1S/C22H26ClNO7/c1-5-28-20(25)17-13(3)24-14(4)18(21(26)29-6-2)19(17)22(27)31-12-11-30-16-9-7-15(23)8-10-16/h7-10,19,24H,5-6,11-12H2,1-4H3. The predicted octanol–water partition coefficient (Wildman–Crippen LogP) is 3.16. The topological polar surface area (TPSA) is 100 Å². The molecule has 1 aromatic rings. The number of dihydropyridines is 1. The van der Waals surface area contributed by atoms with Crippen molar-refractivity contribution in [1.82, 2.24) is 5.32 Å². The van der Waals surface area contributed by atoms with Crippen LogP contribution in [0.5, 0.6) is 5.75 Å². The largest absolute Gasteiger partial charge is 0.490 e. The summed E-state index contributed by atoms with van der Waals surface area (Å²) in [5.74, 6) is -2.89. The van der Waals surface area contributed by atoms with Crippen LogP contribution in [-0.2, 0) is 28.6 Å². The SMILES string of the molecule is CCOC(=O)C1=C(C)NC(C)=C(C(=O)OCC)C1C(=O)OCCOc1ccc(Cl)cc1. The monoisotopic (exact) mass is 451 g/mol. The quantitative estimate of drug-likeness (QED) is 0.347. The molecule has 1 aliphatic heterocycles. The molecule has 1 aromatic carbocycles. The van der Waals surface area contributed by atoms with E-state index in [1.54, 1.807) is 52.0 Å². The number of hydrogen-bond acceptors (Lipinski definition) is 8. The first-order chi connectivity index (χ1) is 14.8. The molecule has 0 unspecified atom stereocenters. The second-order valence-corrected chi connectivity index (χ2v) is 6.98. The molecule has 0 spiro atoms. The Labute approximate surface area is 186 Å². The fourth-order valence-electron chi connectivity index (χ4n) is 3.10. The van der Waals surface area contributed by atoms with Crippen LogP contribution in [0.15, 0.2) is 46.8 Å². The number of carbonyl (C=O) groups is 3. The van der Waals surface area contributed by atoms with Gasteiger partial charge in [0.05, 0.1) is 24.4 Å². The molecule has 0 saturated heterocycles. The van der Waals surface area contributed by atoms with Gasteiger partial charge in [0.1, 0.15) is 24.9 Å². The summed E-state index contributed by atoms with van der Waals surface area (Å²) in [4.78, 5) is 38.1. The highest BCUT2D eigenvalue weighted by Gasteiger charge is 2.42. The summed E-state index contributed by atoms with van der Waals surface area (Å²) in [6.45, 7) is 6.78. The average molecular weight is 452 g/mol. The van der Waals surface area contributed by atoms with E-state index < -0.39 is 23.8 Å². The van der Waals surface area contributed by atoms with Gasteiger partial charge in [-0.15, -0.1) is 0 Å². The average Bonchev–Trinajstić information content (AvgIpc) is 2.72. The van der Waals surface area contributed by atoms with Crippen molar-refractivity contribution >= 4 is 29.5 Å². The maximum Gasteiger partial charge on any atom is 0.337 e. The number of allylic oxidation sites excluding steroid dienone is 2. The molecule has 0 atom stereocenters. The van der Waals surface area contributed by atoms with Gasteiger partial charge < -0.3 is 24.3 Å². The van der Waals surface area contributed by atoms with Crippen molar-refractivity contribution in [2.24, 2.45) is 5.92 Å². The zero-order valence-corrected chi connectivity index (χ0v) is 18.7. The number of benzene rings is 1. The Bertz CT molecular complexity index is 850. The Morgan fingerprint density at radius 1 is 0.871 bits per heavy atom. The Morgan fingerprint density at radius 2 is 1.39 bits per heavy atom. The van der Waals surface area contributed by atoms with Crippen LogP contribution in [0.2, 0.25) is 5.02 Å². The van der Waals surface area contributed by atoms with Crippen molar-refractivity contribution in [3.63, 3.8) is 0 Å². The Morgan fingerprint density at radius 3 is 1.87 bits per heavy atom. The zero-order chi connectivity index (χ0) is 23.0. The van der Waals surface area contributed by atoms with Crippen LogP contribution in [0.4, 0.5) is 0 Å². The molecule has 8 nitrogen and oxygen atoms in total. The summed E-state index contributed by atoms with van der Waals surface area (Å²) in [5, 5.41) is 3.53. The Balaban J connectivity index is 2.18. The van der Waals surface area contributed by atoms with Crippen molar-refractivity contribution < 1.29 is 33.3 Å². The first-order valence-electron chi connectivity index (χ1n) is 9.87. The fraction of sp³-hybridized carbons (Fsp3) is 0.409. The van der Waals surface area contributed by atoms with Crippen molar-refractivity contribution in [3.05, 3.63) is 51.8 Å². The van der Waals surface area contributed by atoms with E-state index in [0.717, 1.165) is 0 Å². The van der Waals surface area contributed by atoms with Gasteiger partial charge in [0, 0.05) is 16.4 Å². The minimum atomic E-state index is -1.27. The second-order valence-electron chi connectivity index (χ2n) is 6.55. The van der Waals surface area contributed by atoms with Gasteiger partial charge in [0.25, 0.3) is 0 Å². The highest BCUT2D eigenvalue weighted by molar-refractivity contribution is 6.30. The first kappa shape index (κ1) is 24.3. The molecular formula is C22H26ClNO7. The number of hydrogen-bond donors (Lipinski definition) is 1. The number of halogens is 1. The van der Waals surface area contributed by atoms with Gasteiger partial charge in [-0.05, 0) is 52.0 Å². The lowest BCUT2D eigenvalue weighted by molar-refractivity contribution is -0.152. The minimum absolute atomic E-state index is 0.0131. The van der Waals surface area contributed by atoms with E-state index in [9.17, 15) is 14.4 Å². The number of ether oxygens (including phenoxy) is 4. The molecule has 31 heavy (non-hydrogen) atoms. The van der Waals surface area contributed by atoms with Crippen LogP contribution in [0.3, 0.4) is 0 Å². The second kappa shape index (κ2) is 11.4. The van der Waals surface area contributed by atoms with Gasteiger partial charge in [-0.2, -0.15) is 0 Å². The molecule has 9 heteroatoms. The van der Waals surface area contributed by atoms with Crippen LogP contribution in [0, 0.1) is 5.92 Å². The molecule has 1 N–H and O–H groups in total. The van der Waals surface area contributed by atoms with Crippen LogP contribution in [0.25, 0.3) is 0 Å². The molecule has 0 bridgehead atoms. The Hall–Kier alpha value is -3.00. The van der Waals surface area contributed by atoms with E-state index in [1.165, 1.54) is 0 Å². The predicted molar refractivity (Wildman–Crippen MR) is 113 cm³/mol. The molecule has 2 rings (SSSR count). The normalized spacial score (nSPS) is 14.1. The fourth-order valence-corrected chi connectivity index (χ4v) is 3.23. The highest BCUT2D eigenvalue weighted by Crippen LogP contribution is 2.32. The summed E-state index contributed by atoms with van der Waals surface area (Å²) in [6, 6.07) is 6.73. The van der Waals surface area contributed by atoms with Gasteiger partial charge in [-0.3, -0.25) is 4.79 Å². The van der Waals surface area contributed by atoms with Crippen LogP contribution in [0.1, 0.15) is 27.7 Å². The Kier molecular flexibility index (Phi) is 8.93. The van der Waals surface area contributed by atoms with Gasteiger partial charge in [-0.1, -0.05) is 11.6 Å². The summed E-state index contributed by atoms with van der Waals surface area (Å²) < 4.78 is 21.0. The van der Waals surface area contributed by atoms with E-state index in [-0.39, 0.29) is 37.6 Å². The van der Waals surface area contributed by atoms with Crippen LogP contribution >= 0.6 is 11.6 Å². The third-order valence-electron chi connectivity index (χ3n) is 4.40. The number of nitrogens with one attached hydrogen (secondary N) is 1. The molecule has 1 heterocycles. The molecule has 0 saturated carbocycles. The summed E-state index contributed by atoms with van der Waals surface area (Å²) in [7, 11) is 0. The highest BCUT2D eigenvalue weighted by atomic mass is 35.5. The van der Waals surface area contributed by atoms with Crippen LogP contribution in [-0.4, -0.2) is 44.3 Å². The smallest absolute Gasteiger partial charge is 0.337 e. The molecule has 1 aliphatic rings. The van der Waals surface area contributed by atoms with Gasteiger partial charge in [0.15, 0.2) is 0 Å². The number of esters is 3. The van der Waals surface area contributed by atoms with E-state index in [0.29, 0.717) is 22.2 Å². The molecule has 0 amide bonds. The van der Waals surface area contributed by atoms with Crippen molar-refractivity contribution in [3.8, 4) is 5.75 Å². The number of rotatable bonds is 9. The number of carbonyl (C=O) groups excluding carboxylic acids is 3. The maximum absolute atomic E-state index is 13.0. The van der Waals surface area contributed by atoms with Crippen LogP contribution < -0.4 is 10.1 Å². The van der Waals surface area contributed by atoms with E-state index in [4.69, 9.17) is 30.5 Å². The van der Waals surface area contributed by atoms with E-state index in [1.807, 2.05) is 0 Å². The first-order valence-corrected chi connectivity index (χ1v) is 10.3. The maximum atomic E-state index is 13.0. The lowest BCUT2D eigenvalue weighted by Crippen LogP contribution is -2.38. The van der Waals surface area contributed by atoms with Gasteiger partial charge >= 0.3 is 17.9 Å². The van der Waals surface area contributed by atoms with Crippen molar-refractivity contribution in [2.45, 2.75) is 27.7 Å². The molecule has 168 valence electrons. The van der Waals surface area contributed by atoms with Gasteiger partial charge in [0.2, 0.25) is 0 Å². The molecule has 0 aliphatic carbocycles. The van der Waals surface area contributed by atoms with Crippen molar-refractivity contribution in [1.29, 1.82) is 0 Å². The molecular weight excluding hydrogens is 426 g/mol. The van der Waals surface area contributed by atoms with Crippen molar-refractivity contribution in [2.75, 3.05) is 26.4 Å². The third kappa shape index (κ3) is 6.24. The zero-order valence-electron chi connectivity index (χ0n) is 18.0. The third-order valence-corrected chi connectivity index (χ3v) is 4.65. The summed E-state index contributed by atoms with van der Waals surface area (Å²) in [6.07, 6.45) is 0. The lowest BCUT2D eigenvalue weighted by Gasteiger charge is -2.28. The molecule has 0 fully saturated rings. The minimum Gasteiger partial charge on any atom is -0.490 e. The summed E-state index contributed by atoms with van der Waals surface area (Å²) in [5.41, 5.74) is 0.838. The molecule has 0 radical (unpaired) electrons. The lowest BCUT2D eigenvalue weighted by atomic mass is 9.85. The molecule has 0 aromatic heterocycles. The van der Waals surface area contributed by atoms with E-state index >= 15 is 0 Å². The van der Waals surface area contributed by atoms with Gasteiger partial charge in [-0.25, -0.2) is 9.59 Å².